The Morgan fingerprint density at radius 1 is 0.229 bits per heavy atom. The quantitative estimate of drug-likeness (QED) is 0.0983. The minimum atomic E-state index is -0.279. The van der Waals surface area contributed by atoms with Gasteiger partial charge >= 0.3 is 0 Å². The Labute approximate surface area is 855 Å². The van der Waals surface area contributed by atoms with E-state index in [0.29, 0.717) is 5.02 Å². The van der Waals surface area contributed by atoms with Crippen molar-refractivity contribution in [2.24, 2.45) is 0 Å². The maximum atomic E-state index is 8.21. The van der Waals surface area contributed by atoms with Crippen molar-refractivity contribution in [1.82, 2.24) is 0 Å². The molecular weight excluding hydrogens is 1780 g/mol. The first-order valence-electron chi connectivity index (χ1n) is 50.8. The van der Waals surface area contributed by atoms with Gasteiger partial charge in [-0.1, -0.05) is 329 Å². The summed E-state index contributed by atoms with van der Waals surface area (Å²) in [5, 5.41) is 9.08. The molecule has 2 aliphatic heterocycles. The molecule has 0 unspecified atom stereocenters. The number of furan rings is 4. The van der Waals surface area contributed by atoms with Gasteiger partial charge in [0.1, 0.15) is 11.2 Å². The van der Waals surface area contributed by atoms with Gasteiger partial charge in [0.2, 0.25) is 0 Å². The van der Waals surface area contributed by atoms with Gasteiger partial charge in [-0.2, -0.15) is 0 Å². The Hall–Kier alpha value is -14.6. The molecular formula is C132H130BClN6O4. The fraction of sp³-hybridized carbons (Fsp3) is 0.242. The SMILES string of the molecule is CC(C)(C)c1ccc(N(c2ccc(C(C)(C)C)cc2)c2ccc3c(c2)N(c2cccc4c2oc2ccccc24)c2cc(C(C)(C)C)cc4c2B3c2cc3cocc3cc2N4c2ccc(C(C)(C)C)cc2)cc1.CC(C)(C)c1ccc(N(c2ccc(C(C)(C)C)cc2)c2cccc(N(c3cc(C(C)(C)C)cc(N(c4ccc(C(C)(C)C)cc4)c4ccc5cocc5c4)c3Cl)c3cccc4c3oc3ccccc34)c2)cc1. The average molecular weight is 1910 g/mol. The summed E-state index contributed by atoms with van der Waals surface area (Å²) in [6.07, 6.45) is 7.38. The number of benzene rings is 16. The highest BCUT2D eigenvalue weighted by molar-refractivity contribution is 7.00. The van der Waals surface area contributed by atoms with Gasteiger partial charge in [-0.3, -0.25) is 0 Å². The highest BCUT2D eigenvalue weighted by Gasteiger charge is 2.46. The van der Waals surface area contributed by atoms with E-state index in [-0.39, 0.29) is 50.0 Å². The second-order valence-electron chi connectivity index (χ2n) is 47.8. The van der Waals surface area contributed by atoms with Crippen molar-refractivity contribution in [3.8, 4) is 0 Å². The predicted octanol–water partition coefficient (Wildman–Crippen LogP) is 37.7. The van der Waals surface area contributed by atoms with Gasteiger partial charge in [0, 0.05) is 123 Å². The molecule has 0 N–H and O–H groups in total. The van der Waals surface area contributed by atoms with Crippen LogP contribution in [0.2, 0.25) is 5.02 Å². The molecule has 0 saturated carbocycles. The first-order chi connectivity index (χ1) is 68.3. The molecule has 0 atom stereocenters. The van der Waals surface area contributed by atoms with Gasteiger partial charge in [-0.05, 0) is 280 Å². The lowest BCUT2D eigenvalue weighted by atomic mass is 9.33. The van der Waals surface area contributed by atoms with Crippen LogP contribution in [0.3, 0.4) is 0 Å². The van der Waals surface area contributed by atoms with E-state index in [1.165, 1.54) is 61.0 Å². The lowest BCUT2D eigenvalue weighted by Gasteiger charge is -2.45. The van der Waals surface area contributed by atoms with Crippen LogP contribution in [0.15, 0.2) is 370 Å². The molecule has 6 heterocycles. The Kier molecular flexibility index (Phi) is 23.5. The second kappa shape index (κ2) is 35.4. The molecule has 22 rings (SSSR count). The van der Waals surface area contributed by atoms with Crippen LogP contribution in [0.5, 0.6) is 0 Å². The summed E-state index contributed by atoms with van der Waals surface area (Å²) in [5.41, 5.74) is 35.2. The average Bonchev–Trinajstić information content (AvgIpc) is 1.19. The lowest BCUT2D eigenvalue weighted by Crippen LogP contribution is -2.61. The smallest absolute Gasteiger partial charge is 0.252 e. The fourth-order valence-corrected chi connectivity index (χ4v) is 21.3. The number of hydrogen-bond donors (Lipinski definition) is 0. The van der Waals surface area contributed by atoms with Gasteiger partial charge in [0.25, 0.3) is 6.71 Å². The highest BCUT2D eigenvalue weighted by atomic mass is 35.5. The van der Waals surface area contributed by atoms with Crippen LogP contribution >= 0.6 is 11.6 Å². The molecule has 0 bridgehead atoms. The Morgan fingerprint density at radius 2 is 0.576 bits per heavy atom. The molecule has 0 saturated heterocycles. The Balaban J connectivity index is 0.000000170. The number of anilines is 18. The number of halogens is 1. The molecule has 0 amide bonds. The van der Waals surface area contributed by atoms with E-state index in [4.69, 9.17) is 29.3 Å². The van der Waals surface area contributed by atoms with Gasteiger partial charge in [0.05, 0.1) is 52.8 Å². The normalized spacial score (nSPS) is 13.1. The van der Waals surface area contributed by atoms with Crippen molar-refractivity contribution in [2.75, 3.05) is 29.4 Å². The zero-order valence-electron chi connectivity index (χ0n) is 87.8. The number of fused-ring (bicyclic) bond motifs is 12. The van der Waals surface area contributed by atoms with Gasteiger partial charge in [-0.15, -0.1) is 0 Å². The highest BCUT2D eigenvalue weighted by Crippen LogP contribution is 2.56. The fourth-order valence-electron chi connectivity index (χ4n) is 21.0. The molecule has 0 radical (unpaired) electrons. The van der Waals surface area contributed by atoms with Crippen molar-refractivity contribution >= 4 is 202 Å². The number of nitrogens with zero attached hydrogens (tertiary/aromatic N) is 6. The van der Waals surface area contributed by atoms with Crippen molar-refractivity contribution in [3.05, 3.63) is 402 Å². The zero-order chi connectivity index (χ0) is 101. The molecule has 722 valence electrons. The van der Waals surface area contributed by atoms with Crippen LogP contribution in [0.1, 0.15) is 211 Å². The zero-order valence-corrected chi connectivity index (χ0v) is 88.5. The monoisotopic (exact) mass is 1910 g/mol. The summed E-state index contributed by atoms with van der Waals surface area (Å²) in [7, 11) is 0. The molecule has 4 aromatic heterocycles. The van der Waals surface area contributed by atoms with Crippen LogP contribution < -0.4 is 45.8 Å². The molecule has 0 fully saturated rings. The van der Waals surface area contributed by atoms with E-state index in [1.54, 1.807) is 6.26 Å². The third-order valence-corrected chi connectivity index (χ3v) is 29.8. The van der Waals surface area contributed by atoms with Crippen LogP contribution in [0.4, 0.5) is 102 Å². The van der Waals surface area contributed by atoms with Crippen molar-refractivity contribution in [3.63, 3.8) is 0 Å². The molecule has 144 heavy (non-hydrogen) atoms. The molecule has 20 aromatic rings. The number of rotatable bonds is 14. The van der Waals surface area contributed by atoms with Crippen molar-refractivity contribution in [2.45, 2.75) is 209 Å². The Bertz CT molecular complexity index is 8160. The summed E-state index contributed by atoms with van der Waals surface area (Å²) in [6.45, 7) is 54.5. The Morgan fingerprint density at radius 3 is 1.06 bits per heavy atom. The standard InChI is InChI=1S/C66H64BN3O2.C66H66ClN3O2/c1-63(2,3)43-20-26-47(27-21-43)68(48-28-22-44(23-29-48)64(4,5)6)50-32-33-53-57(38-50)70(55-18-15-17-52-51-16-13-14-19-60(51)72-62(52)55)59-37-46(66(10,11)12)36-58-61(59)67(53)54-34-41-39-71-40-42(41)35-56(54)69(58)49-30-24-45(25-31-49)65(7,8)9;1-63(2,3)45-24-31-49(32-25-45)68(50-33-26-46(27-34-50)64(4,5)6)52-17-15-18-53(40-52)70(57-21-16-20-56-55-19-13-14-22-60(55)72-62(56)57)59-39-48(66(10,11)12)38-58(61(59)67)69(51-35-28-47(29-36-51)65(7,8)9)54-30-23-43-41-71-42-44(43)37-54/h13-40H,1-12H3;13-42H,1-12H3. The first kappa shape index (κ1) is 95.5. The lowest BCUT2D eigenvalue weighted by molar-refractivity contribution is 0.572. The van der Waals surface area contributed by atoms with Crippen molar-refractivity contribution < 1.29 is 17.7 Å². The van der Waals surface area contributed by atoms with Crippen LogP contribution in [-0.2, 0) is 43.3 Å². The summed E-state index contributed by atoms with van der Waals surface area (Å²) in [6, 6.07) is 121. The third kappa shape index (κ3) is 17.7. The largest absolute Gasteiger partial charge is 0.471 e. The van der Waals surface area contributed by atoms with Gasteiger partial charge < -0.3 is 47.1 Å². The third-order valence-electron chi connectivity index (χ3n) is 29.4. The van der Waals surface area contributed by atoms with E-state index in [1.807, 2.05) is 30.9 Å². The summed E-state index contributed by atoms with van der Waals surface area (Å²) in [5.74, 6) is 0. The first-order valence-corrected chi connectivity index (χ1v) is 51.2. The molecule has 0 spiro atoms. The molecule has 0 aliphatic carbocycles. The number of para-hydroxylation sites is 4. The molecule has 16 aromatic carbocycles. The maximum Gasteiger partial charge on any atom is 0.252 e. The summed E-state index contributed by atoms with van der Waals surface area (Å²) < 4.78 is 25.6. The van der Waals surface area contributed by atoms with Gasteiger partial charge in [-0.25, -0.2) is 0 Å². The minimum Gasteiger partial charge on any atom is -0.471 e. The predicted molar refractivity (Wildman–Crippen MR) is 614 cm³/mol. The molecule has 10 nitrogen and oxygen atoms in total. The second-order valence-corrected chi connectivity index (χ2v) is 48.2. The summed E-state index contributed by atoms with van der Waals surface area (Å²) >= 11 is 8.21. The van der Waals surface area contributed by atoms with E-state index >= 15 is 0 Å². The summed E-state index contributed by atoms with van der Waals surface area (Å²) in [4.78, 5) is 14.4. The number of hydrogen-bond acceptors (Lipinski definition) is 10. The van der Waals surface area contributed by atoms with Crippen molar-refractivity contribution in [1.29, 1.82) is 0 Å². The maximum absolute atomic E-state index is 8.21. The van der Waals surface area contributed by atoms with Gasteiger partial charge in [0.15, 0.2) is 11.2 Å². The molecule has 12 heteroatoms. The van der Waals surface area contributed by atoms with E-state index in [0.717, 1.165) is 168 Å². The molecule has 2 aliphatic rings. The van der Waals surface area contributed by atoms with Crippen LogP contribution in [-0.4, -0.2) is 6.71 Å². The van der Waals surface area contributed by atoms with E-state index < -0.39 is 0 Å². The van der Waals surface area contributed by atoms with E-state index in [9.17, 15) is 0 Å². The van der Waals surface area contributed by atoms with Crippen LogP contribution in [0.25, 0.3) is 65.4 Å². The topological polar surface area (TPSA) is 72.0 Å². The van der Waals surface area contributed by atoms with Crippen LogP contribution in [0, 0.1) is 0 Å². The minimum absolute atomic E-state index is 0.00692. The van der Waals surface area contributed by atoms with E-state index in [2.05, 4.69) is 511 Å².